The minimum atomic E-state index is -0.419. The largest absolute Gasteiger partial charge is 0.461 e. The summed E-state index contributed by atoms with van der Waals surface area (Å²) < 4.78 is 5.73. The summed E-state index contributed by atoms with van der Waals surface area (Å²) >= 11 is 9.32. The second-order valence-corrected chi connectivity index (χ2v) is 4.90. The lowest BCUT2D eigenvalue weighted by Gasteiger charge is -1.99. The van der Waals surface area contributed by atoms with Crippen molar-refractivity contribution < 1.29 is 9.53 Å². The van der Waals surface area contributed by atoms with E-state index >= 15 is 0 Å². The number of aromatic amines is 1. The van der Waals surface area contributed by atoms with E-state index in [1.165, 1.54) is 0 Å². The van der Waals surface area contributed by atoms with Gasteiger partial charge in [0.15, 0.2) is 0 Å². The van der Waals surface area contributed by atoms with E-state index in [1.807, 2.05) is 6.07 Å². The maximum Gasteiger partial charge on any atom is 0.356 e. The Morgan fingerprint density at radius 2 is 2.22 bits per heavy atom. The van der Waals surface area contributed by atoms with Crippen LogP contribution < -0.4 is 0 Å². The fourth-order valence-electron chi connectivity index (χ4n) is 1.48. The summed E-state index contributed by atoms with van der Waals surface area (Å²) in [5.41, 5.74) is 1.78. The molecular weight excluding hydrogens is 320 g/mol. The summed E-state index contributed by atoms with van der Waals surface area (Å²) in [5.74, 6) is -0.419. The molecule has 0 saturated heterocycles. The van der Waals surface area contributed by atoms with Crippen LogP contribution >= 0.6 is 27.5 Å². The Kier molecular flexibility index (Phi) is 4.04. The number of carbonyl (C=O) groups is 1. The molecule has 1 heterocycles. The Morgan fingerprint density at radius 3 is 2.89 bits per heavy atom. The first-order valence-corrected chi connectivity index (χ1v) is 6.46. The number of halogens is 2. The first-order valence-electron chi connectivity index (χ1n) is 5.29. The predicted octanol–water partition coefficient (Wildman–Crippen LogP) is 3.67. The van der Waals surface area contributed by atoms with Gasteiger partial charge in [-0.1, -0.05) is 27.5 Å². The summed E-state index contributed by atoms with van der Waals surface area (Å²) in [6.07, 6.45) is 0. The van der Waals surface area contributed by atoms with Gasteiger partial charge in [-0.05, 0) is 31.2 Å². The molecule has 0 fully saturated rings. The zero-order chi connectivity index (χ0) is 13.1. The van der Waals surface area contributed by atoms with Gasteiger partial charge in [0.2, 0.25) is 0 Å². The molecule has 0 aliphatic heterocycles. The van der Waals surface area contributed by atoms with Gasteiger partial charge in [-0.15, -0.1) is 0 Å². The number of esters is 1. The molecular formula is C12H10BrClN2O2. The van der Waals surface area contributed by atoms with Crippen LogP contribution in [-0.2, 0) is 4.74 Å². The minimum absolute atomic E-state index is 0.322. The van der Waals surface area contributed by atoms with Crippen molar-refractivity contribution in [1.29, 1.82) is 0 Å². The number of H-pyrrole nitrogens is 1. The summed E-state index contributed by atoms with van der Waals surface area (Å²) in [6.45, 7) is 2.08. The number of ether oxygens (including phenoxy) is 1. The second-order valence-electron chi connectivity index (χ2n) is 3.55. The highest BCUT2D eigenvalue weighted by Crippen LogP contribution is 2.26. The van der Waals surface area contributed by atoms with Crippen LogP contribution in [0.5, 0.6) is 0 Å². The fourth-order valence-corrected chi connectivity index (χ4v) is 2.34. The van der Waals surface area contributed by atoms with Crippen molar-refractivity contribution in [3.05, 3.63) is 39.5 Å². The van der Waals surface area contributed by atoms with Gasteiger partial charge in [0.1, 0.15) is 5.69 Å². The second kappa shape index (κ2) is 5.54. The first kappa shape index (κ1) is 13.1. The van der Waals surface area contributed by atoms with Gasteiger partial charge in [0.05, 0.1) is 12.3 Å². The third-order valence-electron chi connectivity index (χ3n) is 2.23. The smallest absolute Gasteiger partial charge is 0.356 e. The van der Waals surface area contributed by atoms with Crippen molar-refractivity contribution in [2.45, 2.75) is 6.92 Å². The Morgan fingerprint density at radius 1 is 1.44 bits per heavy atom. The Balaban J connectivity index is 2.32. The molecule has 0 spiro atoms. The Labute approximate surface area is 117 Å². The highest BCUT2D eigenvalue weighted by molar-refractivity contribution is 9.10. The van der Waals surface area contributed by atoms with Crippen LogP contribution in [-0.4, -0.2) is 22.8 Å². The summed E-state index contributed by atoms with van der Waals surface area (Å²) in [6, 6.07) is 7.06. The lowest BCUT2D eigenvalue weighted by Crippen LogP contribution is -2.04. The van der Waals surface area contributed by atoms with Crippen molar-refractivity contribution in [3.8, 4) is 11.3 Å². The lowest BCUT2D eigenvalue weighted by atomic mass is 10.1. The number of benzene rings is 1. The highest BCUT2D eigenvalue weighted by atomic mass is 79.9. The van der Waals surface area contributed by atoms with E-state index in [0.717, 1.165) is 10.0 Å². The molecule has 0 atom stereocenters. The van der Waals surface area contributed by atoms with Gasteiger partial charge < -0.3 is 4.74 Å². The van der Waals surface area contributed by atoms with E-state index in [1.54, 1.807) is 25.1 Å². The number of aromatic nitrogens is 2. The average Bonchev–Trinajstić information content (AvgIpc) is 2.77. The summed E-state index contributed by atoms with van der Waals surface area (Å²) in [5, 5.41) is 7.31. The maximum absolute atomic E-state index is 11.5. The molecule has 0 radical (unpaired) electrons. The molecule has 18 heavy (non-hydrogen) atoms. The van der Waals surface area contributed by atoms with Gasteiger partial charge in [0, 0.05) is 15.1 Å². The van der Waals surface area contributed by atoms with Crippen LogP contribution in [0.1, 0.15) is 17.4 Å². The van der Waals surface area contributed by atoms with E-state index in [9.17, 15) is 4.79 Å². The van der Waals surface area contributed by atoms with Crippen LogP contribution in [0.25, 0.3) is 11.3 Å². The zero-order valence-electron chi connectivity index (χ0n) is 9.54. The molecule has 6 heteroatoms. The van der Waals surface area contributed by atoms with E-state index in [0.29, 0.717) is 23.0 Å². The zero-order valence-corrected chi connectivity index (χ0v) is 11.9. The number of hydrogen-bond acceptors (Lipinski definition) is 3. The SMILES string of the molecule is CCOC(=O)c1cc(-c2cc(Cl)cc(Br)c2)n[nH]1. The molecule has 1 aromatic carbocycles. The van der Waals surface area contributed by atoms with Crippen molar-refractivity contribution in [1.82, 2.24) is 10.2 Å². The number of carbonyl (C=O) groups excluding carboxylic acids is 1. The van der Waals surface area contributed by atoms with E-state index in [4.69, 9.17) is 16.3 Å². The number of rotatable bonds is 3. The molecule has 1 aromatic heterocycles. The normalized spacial score (nSPS) is 10.4. The molecule has 0 bridgehead atoms. The maximum atomic E-state index is 11.5. The molecule has 94 valence electrons. The molecule has 1 N–H and O–H groups in total. The predicted molar refractivity (Wildman–Crippen MR) is 72.7 cm³/mol. The number of hydrogen-bond donors (Lipinski definition) is 1. The lowest BCUT2D eigenvalue weighted by molar-refractivity contribution is 0.0519. The molecule has 4 nitrogen and oxygen atoms in total. The van der Waals surface area contributed by atoms with Crippen LogP contribution in [0.2, 0.25) is 5.02 Å². The molecule has 0 saturated carbocycles. The topological polar surface area (TPSA) is 55.0 Å². The van der Waals surface area contributed by atoms with Gasteiger partial charge in [0.25, 0.3) is 0 Å². The third kappa shape index (κ3) is 2.91. The van der Waals surface area contributed by atoms with Gasteiger partial charge in [-0.3, -0.25) is 5.10 Å². The van der Waals surface area contributed by atoms with E-state index in [-0.39, 0.29) is 0 Å². The number of nitrogens with one attached hydrogen (secondary N) is 1. The molecule has 2 aromatic rings. The van der Waals surface area contributed by atoms with E-state index in [2.05, 4.69) is 26.1 Å². The molecule has 0 unspecified atom stereocenters. The molecule has 0 aliphatic carbocycles. The van der Waals surface area contributed by atoms with Crippen LogP contribution in [0, 0.1) is 0 Å². The molecule has 0 aliphatic rings. The van der Waals surface area contributed by atoms with Gasteiger partial charge in [-0.25, -0.2) is 4.79 Å². The minimum Gasteiger partial charge on any atom is -0.461 e. The van der Waals surface area contributed by atoms with Crippen LogP contribution in [0.3, 0.4) is 0 Å². The monoisotopic (exact) mass is 328 g/mol. The summed E-state index contributed by atoms with van der Waals surface area (Å²) in [7, 11) is 0. The quantitative estimate of drug-likeness (QED) is 0.874. The van der Waals surface area contributed by atoms with Crippen molar-refractivity contribution in [2.75, 3.05) is 6.61 Å². The highest BCUT2D eigenvalue weighted by Gasteiger charge is 2.12. The van der Waals surface area contributed by atoms with Gasteiger partial charge in [-0.2, -0.15) is 5.10 Å². The van der Waals surface area contributed by atoms with Crippen LogP contribution in [0.15, 0.2) is 28.7 Å². The Bertz CT molecular complexity index is 563. The summed E-state index contributed by atoms with van der Waals surface area (Å²) in [4.78, 5) is 11.5. The van der Waals surface area contributed by atoms with Crippen molar-refractivity contribution in [3.63, 3.8) is 0 Å². The average molecular weight is 330 g/mol. The molecule has 0 amide bonds. The first-order chi connectivity index (χ1) is 8.60. The van der Waals surface area contributed by atoms with E-state index < -0.39 is 5.97 Å². The Hall–Kier alpha value is -1.33. The van der Waals surface area contributed by atoms with Crippen molar-refractivity contribution in [2.24, 2.45) is 0 Å². The van der Waals surface area contributed by atoms with Crippen molar-refractivity contribution >= 4 is 33.5 Å². The van der Waals surface area contributed by atoms with Gasteiger partial charge >= 0.3 is 5.97 Å². The van der Waals surface area contributed by atoms with Crippen LogP contribution in [0.4, 0.5) is 0 Å². The molecule has 2 rings (SSSR count). The fraction of sp³-hybridized carbons (Fsp3) is 0.167. The standard InChI is InChI=1S/C12H10BrClN2O2/c1-2-18-12(17)11-6-10(15-16-11)7-3-8(13)5-9(14)4-7/h3-6H,2H2,1H3,(H,15,16). The third-order valence-corrected chi connectivity index (χ3v) is 2.91. The number of nitrogens with zero attached hydrogens (tertiary/aromatic N) is 1.